The van der Waals surface area contributed by atoms with Gasteiger partial charge in [-0.15, -0.1) is 0 Å². The van der Waals surface area contributed by atoms with Crippen LogP contribution in [0.15, 0.2) is 60.8 Å². The highest BCUT2D eigenvalue weighted by Gasteiger charge is 2.10. The molecule has 0 aliphatic rings. The molecule has 0 saturated heterocycles. The number of benzene rings is 2. The second-order valence-corrected chi connectivity index (χ2v) is 4.49. The summed E-state index contributed by atoms with van der Waals surface area (Å²) in [4.78, 5) is 16.0. The van der Waals surface area contributed by atoms with E-state index in [0.29, 0.717) is 17.1 Å². The Morgan fingerprint density at radius 2 is 1.70 bits per heavy atom. The van der Waals surface area contributed by atoms with E-state index in [-0.39, 0.29) is 5.78 Å². The van der Waals surface area contributed by atoms with Crippen molar-refractivity contribution in [2.75, 3.05) is 0 Å². The number of fused-ring (bicyclic) bond motifs is 1. The summed E-state index contributed by atoms with van der Waals surface area (Å²) in [5.41, 5.74) is 1.36. The average molecular weight is 263 g/mol. The van der Waals surface area contributed by atoms with Crippen molar-refractivity contribution in [3.8, 4) is 11.5 Å². The van der Waals surface area contributed by atoms with Gasteiger partial charge in [0.1, 0.15) is 11.3 Å². The molecule has 0 bridgehead atoms. The molecule has 0 N–H and O–H groups in total. The minimum absolute atomic E-state index is 0.0196. The van der Waals surface area contributed by atoms with Crippen molar-refractivity contribution in [2.45, 2.75) is 6.92 Å². The maximum Gasteiger partial charge on any atom is 0.163 e. The molecule has 0 spiro atoms. The number of aromatic nitrogens is 1. The summed E-state index contributed by atoms with van der Waals surface area (Å²) in [5, 5.41) is 1.00. The molecule has 0 unspecified atom stereocenters. The van der Waals surface area contributed by atoms with Crippen molar-refractivity contribution in [2.24, 2.45) is 0 Å². The molecule has 3 aromatic rings. The van der Waals surface area contributed by atoms with E-state index >= 15 is 0 Å². The van der Waals surface area contributed by atoms with Gasteiger partial charge in [-0.1, -0.05) is 30.3 Å². The fourth-order valence-electron chi connectivity index (χ4n) is 2.12. The quantitative estimate of drug-likeness (QED) is 0.664. The third-order valence-electron chi connectivity index (χ3n) is 3.08. The zero-order chi connectivity index (χ0) is 13.9. The number of ketones is 1. The third kappa shape index (κ3) is 2.26. The summed E-state index contributed by atoms with van der Waals surface area (Å²) in [6, 6.07) is 16.8. The zero-order valence-corrected chi connectivity index (χ0v) is 11.0. The summed E-state index contributed by atoms with van der Waals surface area (Å²) in [6.07, 6.45) is 1.73. The van der Waals surface area contributed by atoms with Crippen LogP contribution in [0.2, 0.25) is 0 Å². The predicted octanol–water partition coefficient (Wildman–Crippen LogP) is 4.23. The number of hydrogen-bond acceptors (Lipinski definition) is 3. The van der Waals surface area contributed by atoms with E-state index in [9.17, 15) is 4.79 Å². The first-order valence-electron chi connectivity index (χ1n) is 6.37. The lowest BCUT2D eigenvalue weighted by molar-refractivity contribution is 0.101. The van der Waals surface area contributed by atoms with E-state index in [1.165, 1.54) is 6.92 Å². The van der Waals surface area contributed by atoms with Crippen LogP contribution in [0.1, 0.15) is 17.3 Å². The molecular weight excluding hydrogens is 250 g/mol. The molecule has 1 aromatic heterocycles. The fraction of sp³-hybridized carbons (Fsp3) is 0.0588. The van der Waals surface area contributed by atoms with Crippen LogP contribution in [0.3, 0.4) is 0 Å². The topological polar surface area (TPSA) is 39.2 Å². The summed E-state index contributed by atoms with van der Waals surface area (Å²) in [7, 11) is 0. The van der Waals surface area contributed by atoms with Crippen molar-refractivity contribution in [3.63, 3.8) is 0 Å². The van der Waals surface area contributed by atoms with Crippen molar-refractivity contribution >= 4 is 16.7 Å². The van der Waals surface area contributed by atoms with Gasteiger partial charge < -0.3 is 4.74 Å². The molecule has 0 amide bonds. The highest BCUT2D eigenvalue weighted by molar-refractivity contribution is 5.97. The molecule has 0 radical (unpaired) electrons. The van der Waals surface area contributed by atoms with E-state index in [1.54, 1.807) is 18.3 Å². The first-order valence-corrected chi connectivity index (χ1v) is 6.37. The predicted molar refractivity (Wildman–Crippen MR) is 78.3 cm³/mol. The van der Waals surface area contributed by atoms with Crippen molar-refractivity contribution in [3.05, 3.63) is 66.4 Å². The van der Waals surface area contributed by atoms with E-state index in [2.05, 4.69) is 4.98 Å². The Hall–Kier alpha value is -2.68. The number of pyridine rings is 1. The second-order valence-electron chi connectivity index (χ2n) is 4.49. The molecule has 3 heteroatoms. The van der Waals surface area contributed by atoms with Gasteiger partial charge in [0.2, 0.25) is 0 Å². The van der Waals surface area contributed by atoms with Gasteiger partial charge in [0.05, 0.1) is 5.56 Å². The molecule has 0 aliphatic carbocycles. The smallest absolute Gasteiger partial charge is 0.163 e. The average Bonchev–Trinajstić information content (AvgIpc) is 2.48. The normalized spacial score (nSPS) is 10.4. The van der Waals surface area contributed by atoms with Crippen LogP contribution in [0.5, 0.6) is 11.5 Å². The van der Waals surface area contributed by atoms with Crippen molar-refractivity contribution in [1.29, 1.82) is 0 Å². The maximum atomic E-state index is 11.6. The van der Waals surface area contributed by atoms with Gasteiger partial charge in [0.15, 0.2) is 11.5 Å². The van der Waals surface area contributed by atoms with Gasteiger partial charge in [-0.05, 0) is 31.2 Å². The Morgan fingerprint density at radius 3 is 2.55 bits per heavy atom. The number of Topliss-reactive ketones (excluding diaryl/α,β-unsaturated/α-hetero) is 1. The largest absolute Gasteiger partial charge is 0.454 e. The molecule has 0 atom stereocenters. The fourth-order valence-corrected chi connectivity index (χ4v) is 2.12. The van der Waals surface area contributed by atoms with Crippen molar-refractivity contribution < 1.29 is 9.53 Å². The molecule has 0 fully saturated rings. The van der Waals surface area contributed by atoms with Gasteiger partial charge in [-0.25, -0.2) is 0 Å². The summed E-state index contributed by atoms with van der Waals surface area (Å²) < 4.78 is 5.90. The van der Waals surface area contributed by atoms with Crippen LogP contribution in [0, 0.1) is 0 Å². The first kappa shape index (κ1) is 12.4. The van der Waals surface area contributed by atoms with Gasteiger partial charge in [0.25, 0.3) is 0 Å². The second kappa shape index (κ2) is 5.13. The number of rotatable bonds is 3. The number of hydrogen-bond donors (Lipinski definition) is 0. The van der Waals surface area contributed by atoms with Crippen LogP contribution < -0.4 is 4.74 Å². The number of para-hydroxylation sites is 2. The van der Waals surface area contributed by atoms with Crippen LogP contribution in [0.25, 0.3) is 10.9 Å². The minimum atomic E-state index is -0.0196. The Kier molecular flexibility index (Phi) is 3.17. The maximum absolute atomic E-state index is 11.6. The van der Waals surface area contributed by atoms with Crippen LogP contribution in [-0.4, -0.2) is 10.8 Å². The molecule has 2 aromatic carbocycles. The van der Waals surface area contributed by atoms with E-state index in [1.807, 2.05) is 42.5 Å². The Bertz CT molecular complexity index is 775. The van der Waals surface area contributed by atoms with Gasteiger partial charge in [0, 0.05) is 11.6 Å². The Balaban J connectivity index is 2.08. The number of ether oxygens (including phenoxy) is 1. The van der Waals surface area contributed by atoms with E-state index < -0.39 is 0 Å². The Labute approximate surface area is 116 Å². The molecule has 1 heterocycles. The van der Waals surface area contributed by atoms with Gasteiger partial charge >= 0.3 is 0 Å². The third-order valence-corrected chi connectivity index (χ3v) is 3.08. The summed E-state index contributed by atoms with van der Waals surface area (Å²) >= 11 is 0. The molecule has 98 valence electrons. The molecule has 3 rings (SSSR count). The highest BCUT2D eigenvalue weighted by atomic mass is 16.5. The van der Waals surface area contributed by atoms with E-state index in [4.69, 9.17) is 4.74 Å². The zero-order valence-electron chi connectivity index (χ0n) is 11.0. The lowest BCUT2D eigenvalue weighted by atomic mass is 10.1. The summed E-state index contributed by atoms with van der Waals surface area (Å²) in [5.74, 6) is 1.18. The van der Waals surface area contributed by atoms with Crippen molar-refractivity contribution in [1.82, 2.24) is 4.98 Å². The number of carbonyl (C=O) groups excluding carboxylic acids is 1. The lowest BCUT2D eigenvalue weighted by Gasteiger charge is -2.10. The first-order chi connectivity index (χ1) is 9.75. The molecule has 3 nitrogen and oxygen atoms in total. The van der Waals surface area contributed by atoms with Crippen LogP contribution in [0.4, 0.5) is 0 Å². The van der Waals surface area contributed by atoms with Crippen LogP contribution >= 0.6 is 0 Å². The monoisotopic (exact) mass is 263 g/mol. The lowest BCUT2D eigenvalue weighted by Crippen LogP contribution is -1.97. The van der Waals surface area contributed by atoms with E-state index in [0.717, 1.165) is 10.9 Å². The molecule has 20 heavy (non-hydrogen) atoms. The standard InChI is InChI=1S/C17H13NO2/c1-12(19)14-8-2-3-9-15(14)20-16-10-4-6-13-7-5-11-18-17(13)16/h2-11H,1H3. The molecule has 0 aliphatic heterocycles. The highest BCUT2D eigenvalue weighted by Crippen LogP contribution is 2.30. The number of nitrogens with zero attached hydrogens (tertiary/aromatic N) is 1. The van der Waals surface area contributed by atoms with Gasteiger partial charge in [-0.2, -0.15) is 0 Å². The number of carbonyl (C=O) groups is 1. The van der Waals surface area contributed by atoms with Crippen LogP contribution in [-0.2, 0) is 0 Å². The van der Waals surface area contributed by atoms with Gasteiger partial charge in [-0.3, -0.25) is 9.78 Å². The SMILES string of the molecule is CC(=O)c1ccccc1Oc1cccc2cccnc12. The summed E-state index contributed by atoms with van der Waals surface area (Å²) in [6.45, 7) is 1.53. The molecule has 0 saturated carbocycles. The Morgan fingerprint density at radius 1 is 0.950 bits per heavy atom. The minimum Gasteiger partial charge on any atom is -0.454 e. The molecular formula is C17H13NO2.